The van der Waals surface area contributed by atoms with Crippen LogP contribution in [-0.2, 0) is 0 Å². The van der Waals surface area contributed by atoms with E-state index in [-0.39, 0.29) is 0 Å². The summed E-state index contributed by atoms with van der Waals surface area (Å²) >= 11 is 3.45. The number of rotatable bonds is 7. The molecule has 0 N–H and O–H groups in total. The lowest BCUT2D eigenvalue weighted by atomic mass is 10.1. The van der Waals surface area contributed by atoms with Crippen molar-refractivity contribution in [1.29, 1.82) is 0 Å². The molecule has 0 amide bonds. The second kappa shape index (κ2) is 8.06. The number of nitrogens with zero attached hydrogens (tertiary/aromatic N) is 1. The first kappa shape index (κ1) is 12.4. The van der Waals surface area contributed by atoms with E-state index in [1.807, 2.05) is 0 Å². The van der Waals surface area contributed by atoms with E-state index in [1.165, 1.54) is 32.2 Å². The van der Waals surface area contributed by atoms with E-state index in [9.17, 15) is 0 Å². The molecule has 0 saturated carbocycles. The topological polar surface area (TPSA) is 3.24 Å². The minimum absolute atomic E-state index is 0.792. The predicted molar refractivity (Wildman–Crippen MR) is 60.0 cm³/mol. The minimum Gasteiger partial charge on any atom is -0.303 e. The van der Waals surface area contributed by atoms with Crippen LogP contribution in [0.4, 0.5) is 0 Å². The van der Waals surface area contributed by atoms with Gasteiger partial charge in [-0.25, -0.2) is 0 Å². The molecular formula is C10H22BrN. The number of unbranched alkanes of at least 4 members (excludes halogenated alkanes) is 1. The summed E-state index contributed by atoms with van der Waals surface area (Å²) in [5.41, 5.74) is 0. The Morgan fingerprint density at radius 2 is 1.75 bits per heavy atom. The van der Waals surface area contributed by atoms with Crippen LogP contribution in [0.25, 0.3) is 0 Å². The zero-order chi connectivity index (χ0) is 9.40. The zero-order valence-corrected chi connectivity index (χ0v) is 10.2. The molecule has 0 spiro atoms. The lowest BCUT2D eigenvalue weighted by Gasteiger charge is -2.25. The maximum atomic E-state index is 3.45. The van der Waals surface area contributed by atoms with E-state index >= 15 is 0 Å². The summed E-state index contributed by atoms with van der Waals surface area (Å²) in [6.07, 6.45) is 5.17. The molecule has 0 radical (unpaired) electrons. The molecular weight excluding hydrogens is 214 g/mol. The number of alkyl halides is 1. The Morgan fingerprint density at radius 3 is 2.17 bits per heavy atom. The van der Waals surface area contributed by atoms with Crippen LogP contribution in [0.3, 0.4) is 0 Å². The van der Waals surface area contributed by atoms with Gasteiger partial charge >= 0.3 is 0 Å². The first-order valence-corrected chi connectivity index (χ1v) is 6.14. The molecule has 0 aromatic carbocycles. The second-order valence-electron chi connectivity index (χ2n) is 3.35. The number of halogens is 1. The van der Waals surface area contributed by atoms with E-state index in [2.05, 4.69) is 41.7 Å². The van der Waals surface area contributed by atoms with Gasteiger partial charge in [-0.2, -0.15) is 0 Å². The van der Waals surface area contributed by atoms with Gasteiger partial charge in [0.15, 0.2) is 0 Å². The van der Waals surface area contributed by atoms with Crippen molar-refractivity contribution in [3.63, 3.8) is 0 Å². The average Bonchev–Trinajstić information content (AvgIpc) is 2.07. The van der Waals surface area contributed by atoms with Gasteiger partial charge in [0, 0.05) is 11.4 Å². The van der Waals surface area contributed by atoms with Crippen LogP contribution in [-0.4, -0.2) is 29.9 Å². The van der Waals surface area contributed by atoms with Gasteiger partial charge in [-0.1, -0.05) is 29.8 Å². The highest BCUT2D eigenvalue weighted by atomic mass is 79.9. The lowest BCUT2D eigenvalue weighted by Crippen LogP contribution is -2.31. The average molecular weight is 236 g/mol. The highest BCUT2D eigenvalue weighted by Gasteiger charge is 2.08. The molecule has 0 atom stereocenters. The molecule has 2 heteroatoms. The summed E-state index contributed by atoms with van der Waals surface area (Å²) in [6.45, 7) is 5.79. The summed E-state index contributed by atoms with van der Waals surface area (Å²) in [5.74, 6) is 0. The predicted octanol–water partition coefficient (Wildman–Crippen LogP) is 3.28. The van der Waals surface area contributed by atoms with Gasteiger partial charge in [-0.15, -0.1) is 0 Å². The fourth-order valence-electron chi connectivity index (χ4n) is 1.55. The Morgan fingerprint density at radius 1 is 1.17 bits per heavy atom. The summed E-state index contributed by atoms with van der Waals surface area (Å²) in [7, 11) is 2.24. The molecule has 0 unspecified atom stereocenters. The zero-order valence-electron chi connectivity index (χ0n) is 8.65. The van der Waals surface area contributed by atoms with Gasteiger partial charge in [-0.05, 0) is 39.3 Å². The molecule has 0 aromatic rings. The van der Waals surface area contributed by atoms with Gasteiger partial charge < -0.3 is 4.90 Å². The Balaban J connectivity index is 3.47. The van der Waals surface area contributed by atoms with Crippen molar-refractivity contribution >= 4 is 15.9 Å². The SMILES string of the molecule is CCC(CC)N(C)CCCCBr. The highest BCUT2D eigenvalue weighted by Crippen LogP contribution is 2.07. The van der Waals surface area contributed by atoms with Crippen LogP contribution >= 0.6 is 15.9 Å². The van der Waals surface area contributed by atoms with Gasteiger partial charge in [0.2, 0.25) is 0 Å². The maximum Gasteiger partial charge on any atom is 0.00869 e. The van der Waals surface area contributed by atoms with Crippen molar-refractivity contribution in [2.75, 3.05) is 18.9 Å². The van der Waals surface area contributed by atoms with Crippen molar-refractivity contribution in [2.45, 2.75) is 45.6 Å². The molecule has 0 aliphatic rings. The fourth-order valence-corrected chi connectivity index (χ4v) is 1.95. The van der Waals surface area contributed by atoms with Crippen molar-refractivity contribution in [2.24, 2.45) is 0 Å². The van der Waals surface area contributed by atoms with E-state index in [4.69, 9.17) is 0 Å². The van der Waals surface area contributed by atoms with Crippen LogP contribution in [0.15, 0.2) is 0 Å². The first-order chi connectivity index (χ1) is 5.76. The fraction of sp³-hybridized carbons (Fsp3) is 1.00. The van der Waals surface area contributed by atoms with Crippen molar-refractivity contribution in [3.8, 4) is 0 Å². The molecule has 0 fully saturated rings. The molecule has 0 aliphatic heterocycles. The molecule has 0 saturated heterocycles. The molecule has 1 nitrogen and oxygen atoms in total. The van der Waals surface area contributed by atoms with Crippen LogP contribution in [0.5, 0.6) is 0 Å². The molecule has 0 heterocycles. The van der Waals surface area contributed by atoms with Crippen LogP contribution < -0.4 is 0 Å². The molecule has 0 aliphatic carbocycles. The minimum atomic E-state index is 0.792. The summed E-state index contributed by atoms with van der Waals surface area (Å²) in [6, 6.07) is 0.792. The number of hydrogen-bond acceptors (Lipinski definition) is 1. The van der Waals surface area contributed by atoms with E-state index in [0.717, 1.165) is 11.4 Å². The smallest absolute Gasteiger partial charge is 0.00869 e. The lowest BCUT2D eigenvalue weighted by molar-refractivity contribution is 0.227. The van der Waals surface area contributed by atoms with E-state index < -0.39 is 0 Å². The Kier molecular flexibility index (Phi) is 8.35. The largest absolute Gasteiger partial charge is 0.303 e. The summed E-state index contributed by atoms with van der Waals surface area (Å²) in [5, 5.41) is 1.14. The number of hydrogen-bond donors (Lipinski definition) is 0. The Bertz CT molecular complexity index is 91.8. The normalized spacial score (nSPS) is 11.5. The third kappa shape index (κ3) is 5.15. The maximum absolute atomic E-state index is 3.45. The summed E-state index contributed by atoms with van der Waals surface area (Å²) in [4.78, 5) is 2.49. The van der Waals surface area contributed by atoms with Gasteiger partial charge in [-0.3, -0.25) is 0 Å². The van der Waals surface area contributed by atoms with Crippen molar-refractivity contribution in [1.82, 2.24) is 4.90 Å². The highest BCUT2D eigenvalue weighted by molar-refractivity contribution is 9.09. The van der Waals surface area contributed by atoms with Crippen molar-refractivity contribution < 1.29 is 0 Å². The van der Waals surface area contributed by atoms with E-state index in [0.29, 0.717) is 0 Å². The molecule has 12 heavy (non-hydrogen) atoms. The Labute approximate surface area is 85.7 Å². The monoisotopic (exact) mass is 235 g/mol. The van der Waals surface area contributed by atoms with Crippen LogP contribution in [0.2, 0.25) is 0 Å². The van der Waals surface area contributed by atoms with Gasteiger partial charge in [0.25, 0.3) is 0 Å². The third-order valence-electron chi connectivity index (χ3n) is 2.46. The molecule has 0 bridgehead atoms. The molecule has 0 aromatic heterocycles. The van der Waals surface area contributed by atoms with Gasteiger partial charge in [0.1, 0.15) is 0 Å². The van der Waals surface area contributed by atoms with E-state index in [1.54, 1.807) is 0 Å². The molecule has 74 valence electrons. The first-order valence-electron chi connectivity index (χ1n) is 5.02. The second-order valence-corrected chi connectivity index (χ2v) is 4.14. The third-order valence-corrected chi connectivity index (χ3v) is 3.02. The standard InChI is InChI=1S/C10H22BrN/c1-4-10(5-2)12(3)9-7-6-8-11/h10H,4-9H2,1-3H3. The van der Waals surface area contributed by atoms with Crippen LogP contribution in [0.1, 0.15) is 39.5 Å². The van der Waals surface area contributed by atoms with Gasteiger partial charge in [0.05, 0.1) is 0 Å². The Hall–Kier alpha value is 0.440. The molecule has 0 rings (SSSR count). The quantitative estimate of drug-likeness (QED) is 0.484. The van der Waals surface area contributed by atoms with Crippen LogP contribution in [0, 0.1) is 0 Å². The van der Waals surface area contributed by atoms with Crippen molar-refractivity contribution in [3.05, 3.63) is 0 Å². The summed E-state index contributed by atoms with van der Waals surface area (Å²) < 4.78 is 0.